The molecule has 1 fully saturated rings. The van der Waals surface area contributed by atoms with Crippen LogP contribution in [-0.2, 0) is 0 Å². The quantitative estimate of drug-likeness (QED) is 0.275. The Morgan fingerprint density at radius 3 is 2.78 bits per heavy atom. The third-order valence-corrected chi connectivity index (χ3v) is 7.21. The van der Waals surface area contributed by atoms with E-state index in [0.29, 0.717) is 11.6 Å². The summed E-state index contributed by atoms with van der Waals surface area (Å²) in [4.78, 5) is 12.3. The van der Waals surface area contributed by atoms with Crippen LogP contribution in [0.4, 0.5) is 10.1 Å². The topological polar surface area (TPSA) is 88.4 Å². The van der Waals surface area contributed by atoms with Crippen molar-refractivity contribution in [1.82, 2.24) is 34.6 Å². The second-order valence-corrected chi connectivity index (χ2v) is 10.1. The Hall–Kier alpha value is -3.98. The van der Waals surface area contributed by atoms with Gasteiger partial charge in [0.05, 0.1) is 23.4 Å². The fraction of sp³-hybridized carbons (Fsp3) is 0.321. The number of H-pyrrole nitrogens is 1. The maximum atomic E-state index is 15.1. The normalized spacial score (nSPS) is 14.7. The first-order valence-corrected chi connectivity index (χ1v) is 12.8. The van der Waals surface area contributed by atoms with Crippen LogP contribution in [-0.4, -0.2) is 42.4 Å². The Balaban J connectivity index is 1.32. The third-order valence-electron chi connectivity index (χ3n) is 7.21. The maximum Gasteiger partial charge on any atom is 0.151 e. The number of pyridine rings is 1. The summed E-state index contributed by atoms with van der Waals surface area (Å²) in [6.45, 7) is 12.3. The Bertz CT molecular complexity index is 1620. The van der Waals surface area contributed by atoms with Crippen LogP contribution < -0.4 is 10.6 Å². The third kappa shape index (κ3) is 4.19. The minimum atomic E-state index is -0.328. The van der Waals surface area contributed by atoms with Gasteiger partial charge in [0, 0.05) is 46.8 Å². The van der Waals surface area contributed by atoms with Crippen LogP contribution in [0.5, 0.6) is 0 Å². The van der Waals surface area contributed by atoms with Gasteiger partial charge in [0.2, 0.25) is 0 Å². The fourth-order valence-corrected chi connectivity index (χ4v) is 5.40. The molecule has 190 valence electrons. The van der Waals surface area contributed by atoms with Crippen molar-refractivity contribution in [2.75, 3.05) is 18.4 Å². The van der Waals surface area contributed by atoms with Crippen molar-refractivity contribution >= 4 is 33.5 Å². The van der Waals surface area contributed by atoms with E-state index < -0.39 is 0 Å². The molecule has 0 amide bonds. The number of hydrogen-bond donors (Lipinski definition) is 3. The number of aryl methyl sites for hydroxylation is 1. The monoisotopic (exact) mass is 498 g/mol. The highest BCUT2D eigenvalue weighted by Crippen LogP contribution is 2.34. The van der Waals surface area contributed by atoms with E-state index >= 15 is 4.39 Å². The van der Waals surface area contributed by atoms with E-state index in [1.165, 1.54) is 0 Å². The molecule has 37 heavy (non-hydrogen) atoms. The summed E-state index contributed by atoms with van der Waals surface area (Å²) in [5.41, 5.74) is 6.05. The number of nitrogens with zero attached hydrogens (tertiary/aromatic N) is 5. The van der Waals surface area contributed by atoms with Crippen molar-refractivity contribution in [3.8, 4) is 11.1 Å². The van der Waals surface area contributed by atoms with Crippen LogP contribution in [0.3, 0.4) is 0 Å². The van der Waals surface area contributed by atoms with Gasteiger partial charge < -0.3 is 20.2 Å². The van der Waals surface area contributed by atoms with Gasteiger partial charge in [0.15, 0.2) is 5.82 Å². The number of nitrogens with one attached hydrogen (secondary N) is 3. The SMILES string of the molecule is C=C(Nc1cnn(C2CCNCC2)c1)c1cnc2[nH]cc(-c3cc(F)c4nc(C)n(C(C)C)c4c3)c2c1. The molecule has 1 aliphatic heterocycles. The standard InChI is InChI=1S/C28H31FN8/c1-16(2)37-18(4)35-27-25(29)10-19(11-26(27)37)24-14-32-28-23(24)9-20(12-31-28)17(3)34-21-13-33-36(15-21)22-5-7-30-8-6-22/h9-16,22,30,34H,3,5-8H2,1-2,4H3,(H,31,32). The molecule has 6 rings (SSSR count). The molecule has 1 aromatic carbocycles. The summed E-state index contributed by atoms with van der Waals surface area (Å²) in [5, 5.41) is 12.2. The Morgan fingerprint density at radius 2 is 2.00 bits per heavy atom. The summed E-state index contributed by atoms with van der Waals surface area (Å²) in [6, 6.07) is 6.18. The first kappa shape index (κ1) is 23.4. The van der Waals surface area contributed by atoms with Crippen molar-refractivity contribution in [3.63, 3.8) is 0 Å². The lowest BCUT2D eigenvalue weighted by Gasteiger charge is -2.22. The molecule has 0 saturated carbocycles. The van der Waals surface area contributed by atoms with Gasteiger partial charge in [-0.3, -0.25) is 4.68 Å². The number of hydrogen-bond acceptors (Lipinski definition) is 5. The molecule has 0 unspecified atom stereocenters. The van der Waals surface area contributed by atoms with Gasteiger partial charge in [-0.2, -0.15) is 5.10 Å². The van der Waals surface area contributed by atoms with E-state index in [2.05, 4.69) is 55.7 Å². The van der Waals surface area contributed by atoms with Crippen molar-refractivity contribution in [1.29, 1.82) is 0 Å². The molecule has 0 radical (unpaired) electrons. The molecular formula is C28H31FN8. The molecule has 3 N–H and O–H groups in total. The first-order chi connectivity index (χ1) is 17.9. The number of aromatic nitrogens is 6. The highest BCUT2D eigenvalue weighted by atomic mass is 19.1. The van der Waals surface area contributed by atoms with Gasteiger partial charge in [0.25, 0.3) is 0 Å². The lowest BCUT2D eigenvalue weighted by atomic mass is 10.0. The predicted octanol–water partition coefficient (Wildman–Crippen LogP) is 5.81. The molecule has 0 bridgehead atoms. The van der Waals surface area contributed by atoms with Crippen molar-refractivity contribution in [2.24, 2.45) is 0 Å². The van der Waals surface area contributed by atoms with Crippen molar-refractivity contribution < 1.29 is 4.39 Å². The molecule has 0 spiro atoms. The van der Waals surface area contributed by atoms with Crippen LogP contribution in [0.25, 0.3) is 38.9 Å². The number of imidazole rings is 1. The zero-order valence-electron chi connectivity index (χ0n) is 21.3. The van der Waals surface area contributed by atoms with E-state index in [0.717, 1.165) is 76.4 Å². The van der Waals surface area contributed by atoms with Crippen LogP contribution in [0, 0.1) is 12.7 Å². The van der Waals surface area contributed by atoms with E-state index in [1.54, 1.807) is 12.3 Å². The second kappa shape index (κ2) is 9.15. The number of benzene rings is 1. The molecule has 1 saturated heterocycles. The van der Waals surface area contributed by atoms with Gasteiger partial charge in [0.1, 0.15) is 17.0 Å². The molecule has 0 aliphatic carbocycles. The summed E-state index contributed by atoms with van der Waals surface area (Å²) >= 11 is 0. The number of anilines is 1. The number of halogens is 1. The molecule has 1 aliphatic rings. The van der Waals surface area contributed by atoms with Gasteiger partial charge >= 0.3 is 0 Å². The minimum Gasteiger partial charge on any atom is -0.353 e. The first-order valence-electron chi connectivity index (χ1n) is 12.8. The van der Waals surface area contributed by atoms with Crippen LogP contribution in [0.1, 0.15) is 50.2 Å². The zero-order valence-corrected chi connectivity index (χ0v) is 21.3. The van der Waals surface area contributed by atoms with Gasteiger partial charge in [-0.25, -0.2) is 14.4 Å². The molecular weight excluding hydrogens is 467 g/mol. The summed E-state index contributed by atoms with van der Waals surface area (Å²) < 4.78 is 19.2. The Kier molecular flexibility index (Phi) is 5.79. The number of piperidine rings is 1. The van der Waals surface area contributed by atoms with Gasteiger partial charge in [-0.15, -0.1) is 0 Å². The largest absolute Gasteiger partial charge is 0.353 e. The second-order valence-electron chi connectivity index (χ2n) is 10.1. The summed E-state index contributed by atoms with van der Waals surface area (Å²) in [5.74, 6) is 0.472. The maximum absolute atomic E-state index is 15.1. The van der Waals surface area contributed by atoms with E-state index in [9.17, 15) is 0 Å². The van der Waals surface area contributed by atoms with E-state index in [1.807, 2.05) is 42.3 Å². The molecule has 9 heteroatoms. The average molecular weight is 499 g/mol. The van der Waals surface area contributed by atoms with Crippen LogP contribution in [0.15, 0.2) is 49.6 Å². The summed E-state index contributed by atoms with van der Waals surface area (Å²) in [6.07, 6.45) is 9.68. The predicted molar refractivity (Wildman–Crippen MR) is 146 cm³/mol. The molecule has 5 heterocycles. The molecule has 0 atom stereocenters. The van der Waals surface area contributed by atoms with Crippen molar-refractivity contribution in [3.05, 3.63) is 66.8 Å². The number of aromatic amines is 1. The lowest BCUT2D eigenvalue weighted by molar-refractivity contribution is 0.343. The molecule has 8 nitrogen and oxygen atoms in total. The zero-order chi connectivity index (χ0) is 25.7. The Labute approximate surface area is 214 Å². The highest BCUT2D eigenvalue weighted by molar-refractivity contribution is 5.97. The van der Waals surface area contributed by atoms with Gasteiger partial charge in [-0.05, 0) is 70.5 Å². The van der Waals surface area contributed by atoms with E-state index in [4.69, 9.17) is 0 Å². The lowest BCUT2D eigenvalue weighted by Crippen LogP contribution is -2.29. The number of fused-ring (bicyclic) bond motifs is 2. The van der Waals surface area contributed by atoms with E-state index in [-0.39, 0.29) is 11.9 Å². The molecule has 4 aromatic heterocycles. The fourth-order valence-electron chi connectivity index (χ4n) is 5.40. The van der Waals surface area contributed by atoms with Crippen LogP contribution >= 0.6 is 0 Å². The smallest absolute Gasteiger partial charge is 0.151 e. The Morgan fingerprint density at radius 1 is 1.19 bits per heavy atom. The van der Waals surface area contributed by atoms with Gasteiger partial charge in [-0.1, -0.05) is 6.58 Å². The summed E-state index contributed by atoms with van der Waals surface area (Å²) in [7, 11) is 0. The minimum absolute atomic E-state index is 0.171. The average Bonchev–Trinajstić information content (AvgIpc) is 3.60. The van der Waals surface area contributed by atoms with Crippen molar-refractivity contribution in [2.45, 2.75) is 45.7 Å². The number of rotatable bonds is 6. The molecule has 5 aromatic rings. The van der Waals surface area contributed by atoms with Crippen LogP contribution in [0.2, 0.25) is 0 Å². The highest BCUT2D eigenvalue weighted by Gasteiger charge is 2.18.